The van der Waals surface area contributed by atoms with E-state index in [1.165, 1.54) is 21.3 Å². The fourth-order valence-electron chi connectivity index (χ4n) is 3.85. The van der Waals surface area contributed by atoms with Gasteiger partial charge in [-0.25, -0.2) is 0 Å². The van der Waals surface area contributed by atoms with Crippen molar-refractivity contribution in [2.45, 2.75) is 47.9 Å². The third kappa shape index (κ3) is 1.87. The van der Waals surface area contributed by atoms with Gasteiger partial charge in [-0.2, -0.15) is 0 Å². The zero-order valence-corrected chi connectivity index (χ0v) is 14.5. The summed E-state index contributed by atoms with van der Waals surface area (Å²) in [5.41, 5.74) is 1.23. The van der Waals surface area contributed by atoms with E-state index in [0.29, 0.717) is 0 Å². The normalized spacial score (nSPS) is 26.7. The number of carbonyl (C=O) groups is 1. The molecule has 1 fully saturated rings. The second kappa shape index (κ2) is 5.31. The van der Waals surface area contributed by atoms with Gasteiger partial charge in [0, 0.05) is 0 Å². The first-order valence-electron chi connectivity index (χ1n) is 7.36. The Morgan fingerprint density at radius 3 is 2.00 bits per heavy atom. The van der Waals surface area contributed by atoms with E-state index in [9.17, 15) is 4.79 Å². The van der Waals surface area contributed by atoms with Gasteiger partial charge in [-0.1, -0.05) is 0 Å². The zero-order chi connectivity index (χ0) is 14.1. The number of benzene rings is 1. The first-order valence-corrected chi connectivity index (χ1v) is 12.9. The molecular weight excluding hydrogens is 297 g/mol. The first-order chi connectivity index (χ1) is 9.08. The van der Waals surface area contributed by atoms with Crippen LogP contribution in [-0.2, 0) is 14.0 Å². The standard InChI is InChI=1S/C16H24GeO2/c1-5-17(6-2,7-3)16(13(4)15(18)19-16)14-11-9-8-10-12-14/h8-13H,5-7H2,1-4H3/t13-,16-/m0/s1. The summed E-state index contributed by atoms with van der Waals surface area (Å²) in [7, 11) is 0. The Hall–Kier alpha value is -0.767. The fraction of sp³-hybridized carbons (Fsp3) is 0.562. The van der Waals surface area contributed by atoms with Crippen LogP contribution in [0.5, 0.6) is 0 Å². The second-order valence-corrected chi connectivity index (χ2v) is 17.0. The molecule has 2 rings (SSSR count). The molecule has 0 bridgehead atoms. The van der Waals surface area contributed by atoms with Crippen molar-refractivity contribution in [3.63, 3.8) is 0 Å². The molecule has 0 amide bonds. The molecule has 1 aliphatic rings. The maximum atomic E-state index is 11.8. The Morgan fingerprint density at radius 2 is 1.63 bits per heavy atom. The number of esters is 1. The van der Waals surface area contributed by atoms with Crippen LogP contribution < -0.4 is 0 Å². The van der Waals surface area contributed by atoms with Gasteiger partial charge in [0.15, 0.2) is 0 Å². The number of ether oxygens (including phenoxy) is 1. The molecule has 0 aromatic heterocycles. The topological polar surface area (TPSA) is 26.3 Å². The molecule has 0 N–H and O–H groups in total. The van der Waals surface area contributed by atoms with E-state index in [-0.39, 0.29) is 16.3 Å². The van der Waals surface area contributed by atoms with Crippen LogP contribution in [0.2, 0.25) is 15.8 Å². The molecule has 0 radical (unpaired) electrons. The average Bonchev–Trinajstić information content (AvgIpc) is 2.48. The molecule has 0 aliphatic carbocycles. The fourth-order valence-corrected chi connectivity index (χ4v) is 14.8. The average molecular weight is 321 g/mol. The SMILES string of the molecule is C[CH2][Ge]([CH2]C)([CH2]C)[C@]1(c2ccccc2)OC(=O)[C@@H]1C. The molecule has 0 saturated carbocycles. The Bertz CT molecular complexity index is 445. The van der Waals surface area contributed by atoms with Gasteiger partial charge in [0.2, 0.25) is 0 Å². The molecular formula is C16H24GeO2. The number of hydrogen-bond acceptors (Lipinski definition) is 2. The number of hydrogen-bond donors (Lipinski definition) is 0. The summed E-state index contributed by atoms with van der Waals surface area (Å²) >= 11 is -2.27. The van der Waals surface area contributed by atoms with Crippen molar-refractivity contribution in [1.29, 1.82) is 0 Å². The van der Waals surface area contributed by atoms with Gasteiger partial charge in [-0.05, 0) is 0 Å². The molecule has 1 aromatic carbocycles. The number of cyclic esters (lactones) is 1. The zero-order valence-electron chi connectivity index (χ0n) is 12.4. The van der Waals surface area contributed by atoms with Crippen LogP contribution in [-0.4, -0.2) is 19.2 Å². The monoisotopic (exact) mass is 322 g/mol. The molecule has 2 nitrogen and oxygen atoms in total. The van der Waals surface area contributed by atoms with Crippen molar-refractivity contribution < 1.29 is 9.53 Å². The Morgan fingerprint density at radius 1 is 1.11 bits per heavy atom. The predicted molar refractivity (Wildman–Crippen MR) is 80.6 cm³/mol. The molecule has 104 valence electrons. The Kier molecular flexibility index (Phi) is 4.09. The van der Waals surface area contributed by atoms with Gasteiger partial charge in [0.1, 0.15) is 0 Å². The van der Waals surface area contributed by atoms with E-state index in [1.54, 1.807) is 0 Å². The summed E-state index contributed by atoms with van der Waals surface area (Å²) in [5.74, 6) is 0.00366. The van der Waals surface area contributed by atoms with Crippen molar-refractivity contribution >= 4 is 19.2 Å². The van der Waals surface area contributed by atoms with Crippen LogP contribution in [0.1, 0.15) is 33.3 Å². The molecule has 1 aliphatic heterocycles. The van der Waals surface area contributed by atoms with Gasteiger partial charge in [0.05, 0.1) is 0 Å². The minimum absolute atomic E-state index is 0.0193. The van der Waals surface area contributed by atoms with Crippen LogP contribution in [0.4, 0.5) is 0 Å². The molecule has 1 heterocycles. The van der Waals surface area contributed by atoms with E-state index in [0.717, 1.165) is 0 Å². The van der Waals surface area contributed by atoms with Crippen molar-refractivity contribution in [3.05, 3.63) is 35.9 Å². The van der Waals surface area contributed by atoms with Crippen molar-refractivity contribution in [1.82, 2.24) is 0 Å². The van der Waals surface area contributed by atoms with E-state index >= 15 is 0 Å². The molecule has 1 aromatic rings. The van der Waals surface area contributed by atoms with Crippen LogP contribution in [0, 0.1) is 5.92 Å². The van der Waals surface area contributed by atoms with Gasteiger partial charge in [0.25, 0.3) is 0 Å². The molecule has 2 atom stereocenters. The van der Waals surface area contributed by atoms with Crippen LogP contribution in [0.15, 0.2) is 30.3 Å². The van der Waals surface area contributed by atoms with E-state index in [4.69, 9.17) is 4.74 Å². The van der Waals surface area contributed by atoms with Crippen molar-refractivity contribution in [2.75, 3.05) is 0 Å². The van der Waals surface area contributed by atoms with Gasteiger partial charge in [-0.15, -0.1) is 0 Å². The van der Waals surface area contributed by atoms with Crippen molar-refractivity contribution in [2.24, 2.45) is 5.92 Å². The Balaban J connectivity index is 2.57. The Labute approximate surface area is 118 Å². The molecule has 0 spiro atoms. The van der Waals surface area contributed by atoms with Crippen LogP contribution >= 0.6 is 0 Å². The number of carbonyl (C=O) groups excluding carboxylic acids is 1. The summed E-state index contributed by atoms with van der Waals surface area (Å²) in [5, 5.41) is 3.62. The summed E-state index contributed by atoms with van der Waals surface area (Å²) in [6.07, 6.45) is 0. The summed E-state index contributed by atoms with van der Waals surface area (Å²) < 4.78 is 5.65. The summed E-state index contributed by atoms with van der Waals surface area (Å²) in [6, 6.07) is 10.4. The predicted octanol–water partition coefficient (Wildman–Crippen LogP) is 4.12. The van der Waals surface area contributed by atoms with Crippen molar-refractivity contribution in [3.8, 4) is 0 Å². The quantitative estimate of drug-likeness (QED) is 0.602. The van der Waals surface area contributed by atoms with E-state index < -0.39 is 13.3 Å². The maximum absolute atomic E-state index is 11.8. The van der Waals surface area contributed by atoms with Gasteiger partial charge < -0.3 is 0 Å². The minimum atomic E-state index is -2.27. The molecule has 1 saturated heterocycles. The number of rotatable bonds is 5. The van der Waals surface area contributed by atoms with E-state index in [1.807, 2.05) is 6.07 Å². The third-order valence-electron chi connectivity index (χ3n) is 5.25. The summed E-state index contributed by atoms with van der Waals surface area (Å²) in [6.45, 7) is 8.92. The second-order valence-electron chi connectivity index (χ2n) is 5.59. The van der Waals surface area contributed by atoms with Crippen LogP contribution in [0.25, 0.3) is 0 Å². The first kappa shape index (κ1) is 14.6. The van der Waals surface area contributed by atoms with Crippen LogP contribution in [0.3, 0.4) is 0 Å². The third-order valence-corrected chi connectivity index (χ3v) is 18.8. The summed E-state index contributed by atoms with van der Waals surface area (Å²) in [4.78, 5) is 11.8. The van der Waals surface area contributed by atoms with Gasteiger partial charge in [-0.3, -0.25) is 0 Å². The molecule has 19 heavy (non-hydrogen) atoms. The molecule has 3 heteroatoms. The molecule has 0 unspecified atom stereocenters. The van der Waals surface area contributed by atoms with E-state index in [2.05, 4.69) is 52.0 Å². The van der Waals surface area contributed by atoms with Gasteiger partial charge >= 0.3 is 118 Å².